The summed E-state index contributed by atoms with van der Waals surface area (Å²) >= 11 is 0. The van der Waals surface area contributed by atoms with Crippen molar-refractivity contribution in [1.82, 2.24) is 14.6 Å². The molecule has 0 N–H and O–H groups in total. The first-order valence-corrected chi connectivity index (χ1v) is 12.4. The standard InChI is InChI=1S/C29H20F3N5O6/c1-41-23-12-17(13-24(42-2)26(23)43-25-11-10-20(16-33-25)37(39)40)15-34-36-27(18-6-5-7-19(14-18)29(30,31)32)35-22-9-4-3-8-21(22)28(36)38/h3-16H,1-2H3. The van der Waals surface area contributed by atoms with E-state index in [0.717, 1.165) is 23.0 Å². The zero-order chi connectivity index (χ0) is 30.7. The van der Waals surface area contributed by atoms with Crippen molar-refractivity contribution in [1.29, 1.82) is 0 Å². The van der Waals surface area contributed by atoms with Crippen LogP contribution in [0.5, 0.6) is 23.1 Å². The van der Waals surface area contributed by atoms with Gasteiger partial charge in [-0.2, -0.15) is 22.9 Å². The number of benzene rings is 3. The third-order valence-corrected chi connectivity index (χ3v) is 6.15. The fraction of sp³-hybridized carbons (Fsp3) is 0.103. The Hall–Kier alpha value is -5.79. The zero-order valence-corrected chi connectivity index (χ0v) is 22.4. The minimum absolute atomic E-state index is 0.0307. The number of hydrogen-bond donors (Lipinski definition) is 0. The SMILES string of the molecule is COc1cc(C=Nn2c(-c3cccc(C(F)(F)F)c3)nc3ccccc3c2=O)cc(OC)c1Oc1ccc([N+](=O)[O-])cn1. The third kappa shape index (κ3) is 5.98. The van der Waals surface area contributed by atoms with E-state index in [1.165, 1.54) is 62.9 Å². The molecule has 43 heavy (non-hydrogen) atoms. The third-order valence-electron chi connectivity index (χ3n) is 6.15. The van der Waals surface area contributed by atoms with Crippen LogP contribution in [-0.4, -0.2) is 40.0 Å². The lowest BCUT2D eigenvalue weighted by molar-refractivity contribution is -0.385. The first kappa shape index (κ1) is 28.7. The summed E-state index contributed by atoms with van der Waals surface area (Å²) in [6.45, 7) is 0. The lowest BCUT2D eigenvalue weighted by Crippen LogP contribution is -2.20. The lowest BCUT2D eigenvalue weighted by atomic mass is 10.1. The number of hydrogen-bond acceptors (Lipinski definition) is 9. The highest BCUT2D eigenvalue weighted by Gasteiger charge is 2.31. The van der Waals surface area contributed by atoms with Crippen LogP contribution in [0.3, 0.4) is 0 Å². The fourth-order valence-electron chi connectivity index (χ4n) is 4.10. The Morgan fingerprint density at radius 2 is 1.70 bits per heavy atom. The number of ether oxygens (including phenoxy) is 3. The van der Waals surface area contributed by atoms with E-state index < -0.39 is 22.2 Å². The largest absolute Gasteiger partial charge is 0.493 e. The second kappa shape index (κ2) is 11.6. The molecule has 5 aromatic rings. The van der Waals surface area contributed by atoms with Gasteiger partial charge < -0.3 is 14.2 Å². The average Bonchev–Trinajstić information content (AvgIpc) is 3.00. The maximum absolute atomic E-state index is 13.5. The highest BCUT2D eigenvalue weighted by atomic mass is 19.4. The van der Waals surface area contributed by atoms with E-state index in [2.05, 4.69) is 15.1 Å². The van der Waals surface area contributed by atoms with Gasteiger partial charge in [0.2, 0.25) is 11.6 Å². The van der Waals surface area contributed by atoms with Gasteiger partial charge in [-0.1, -0.05) is 24.3 Å². The number of pyridine rings is 1. The number of methoxy groups -OCH3 is 2. The van der Waals surface area contributed by atoms with Crippen LogP contribution >= 0.6 is 0 Å². The molecule has 0 radical (unpaired) electrons. The molecule has 0 bridgehead atoms. The Labute approximate surface area is 240 Å². The van der Waals surface area contributed by atoms with Gasteiger partial charge in [0.25, 0.3) is 11.2 Å². The van der Waals surface area contributed by atoms with Gasteiger partial charge in [-0.3, -0.25) is 14.9 Å². The molecule has 14 heteroatoms. The summed E-state index contributed by atoms with van der Waals surface area (Å²) in [5.74, 6) is 0.376. The first-order chi connectivity index (χ1) is 20.6. The molecule has 0 saturated heterocycles. The van der Waals surface area contributed by atoms with Crippen LogP contribution in [0.15, 0.2) is 88.9 Å². The normalized spacial score (nSPS) is 11.6. The summed E-state index contributed by atoms with van der Waals surface area (Å²) in [4.78, 5) is 32.2. The van der Waals surface area contributed by atoms with E-state index in [-0.39, 0.29) is 51.1 Å². The lowest BCUT2D eigenvalue weighted by Gasteiger charge is -2.14. The van der Waals surface area contributed by atoms with Gasteiger partial charge in [-0.15, -0.1) is 0 Å². The monoisotopic (exact) mass is 591 g/mol. The van der Waals surface area contributed by atoms with Crippen LogP contribution in [-0.2, 0) is 6.18 Å². The highest BCUT2D eigenvalue weighted by molar-refractivity contribution is 5.84. The number of fused-ring (bicyclic) bond motifs is 1. The van der Waals surface area contributed by atoms with E-state index in [1.807, 2.05) is 0 Å². The average molecular weight is 592 g/mol. The van der Waals surface area contributed by atoms with E-state index in [0.29, 0.717) is 5.56 Å². The van der Waals surface area contributed by atoms with E-state index in [1.54, 1.807) is 18.2 Å². The van der Waals surface area contributed by atoms with Crippen molar-refractivity contribution >= 4 is 22.8 Å². The molecule has 0 aliphatic rings. The Morgan fingerprint density at radius 3 is 2.33 bits per heavy atom. The molecule has 2 aromatic heterocycles. The molecule has 5 rings (SSSR count). The molecule has 0 spiro atoms. The minimum atomic E-state index is -4.61. The number of rotatable bonds is 8. The van der Waals surface area contributed by atoms with Gasteiger partial charge in [0.1, 0.15) is 6.20 Å². The summed E-state index contributed by atoms with van der Waals surface area (Å²) in [6.07, 6.45) is -2.29. The molecular weight excluding hydrogens is 571 g/mol. The summed E-state index contributed by atoms with van der Waals surface area (Å²) < 4.78 is 58.0. The molecule has 0 unspecified atom stereocenters. The van der Waals surface area contributed by atoms with Crippen LogP contribution in [0.1, 0.15) is 11.1 Å². The Balaban J connectivity index is 1.59. The van der Waals surface area contributed by atoms with Crippen molar-refractivity contribution in [2.75, 3.05) is 14.2 Å². The predicted molar refractivity (Wildman–Crippen MR) is 150 cm³/mol. The Kier molecular flexibility index (Phi) is 7.75. The molecule has 0 saturated carbocycles. The molecule has 0 atom stereocenters. The number of halogens is 3. The van der Waals surface area contributed by atoms with E-state index in [9.17, 15) is 28.1 Å². The number of nitrogens with zero attached hydrogens (tertiary/aromatic N) is 5. The zero-order valence-electron chi connectivity index (χ0n) is 22.4. The van der Waals surface area contributed by atoms with Gasteiger partial charge in [0.05, 0.1) is 41.8 Å². The summed E-state index contributed by atoms with van der Waals surface area (Å²) in [6, 6.07) is 16.4. The van der Waals surface area contributed by atoms with Crippen LogP contribution in [0.4, 0.5) is 18.9 Å². The number of nitro groups is 1. The summed E-state index contributed by atoms with van der Waals surface area (Å²) in [5.41, 5.74) is -1.04. The Morgan fingerprint density at radius 1 is 0.977 bits per heavy atom. The second-order valence-electron chi connectivity index (χ2n) is 8.86. The van der Waals surface area contributed by atoms with Crippen LogP contribution < -0.4 is 19.8 Å². The highest BCUT2D eigenvalue weighted by Crippen LogP contribution is 2.41. The first-order valence-electron chi connectivity index (χ1n) is 12.4. The molecule has 0 aliphatic heterocycles. The molecule has 2 heterocycles. The molecule has 218 valence electrons. The van der Waals surface area contributed by atoms with Gasteiger partial charge >= 0.3 is 6.18 Å². The number of alkyl halides is 3. The van der Waals surface area contributed by atoms with Crippen molar-refractivity contribution in [3.8, 4) is 34.5 Å². The fourth-order valence-corrected chi connectivity index (χ4v) is 4.10. The smallest absolute Gasteiger partial charge is 0.416 e. The quantitative estimate of drug-likeness (QED) is 0.121. The van der Waals surface area contributed by atoms with Crippen molar-refractivity contribution in [3.63, 3.8) is 0 Å². The Bertz CT molecular complexity index is 1900. The molecule has 0 fully saturated rings. The minimum Gasteiger partial charge on any atom is -0.493 e. The summed E-state index contributed by atoms with van der Waals surface area (Å²) in [7, 11) is 2.74. The predicted octanol–water partition coefficient (Wildman–Crippen LogP) is 6.08. The van der Waals surface area contributed by atoms with E-state index >= 15 is 0 Å². The van der Waals surface area contributed by atoms with Crippen molar-refractivity contribution in [2.24, 2.45) is 5.10 Å². The van der Waals surface area contributed by atoms with Crippen LogP contribution in [0.2, 0.25) is 0 Å². The van der Waals surface area contributed by atoms with Gasteiger partial charge in [-0.25, -0.2) is 9.97 Å². The maximum Gasteiger partial charge on any atom is 0.416 e. The molecule has 3 aromatic carbocycles. The van der Waals surface area contributed by atoms with Crippen molar-refractivity contribution < 1.29 is 32.3 Å². The molecule has 0 aliphatic carbocycles. The summed E-state index contributed by atoms with van der Waals surface area (Å²) in [5, 5.41) is 15.4. The van der Waals surface area contributed by atoms with Crippen LogP contribution in [0.25, 0.3) is 22.3 Å². The van der Waals surface area contributed by atoms with Gasteiger partial charge in [0.15, 0.2) is 17.3 Å². The number of aromatic nitrogens is 3. The topological polar surface area (TPSA) is 131 Å². The van der Waals surface area contributed by atoms with E-state index in [4.69, 9.17) is 14.2 Å². The second-order valence-corrected chi connectivity index (χ2v) is 8.86. The molecule has 0 amide bonds. The molecule has 11 nitrogen and oxygen atoms in total. The number of para-hydroxylation sites is 1. The van der Waals surface area contributed by atoms with Gasteiger partial charge in [-0.05, 0) is 36.4 Å². The van der Waals surface area contributed by atoms with Gasteiger partial charge in [0, 0.05) is 23.3 Å². The van der Waals surface area contributed by atoms with Crippen molar-refractivity contribution in [3.05, 3.63) is 111 Å². The van der Waals surface area contributed by atoms with Crippen LogP contribution in [0, 0.1) is 10.1 Å². The maximum atomic E-state index is 13.5. The molecular formula is C29H20F3N5O6. The van der Waals surface area contributed by atoms with Crippen molar-refractivity contribution in [2.45, 2.75) is 6.18 Å².